The number of hydrogen-bond donors (Lipinski definition) is 2. The highest BCUT2D eigenvalue weighted by Crippen LogP contribution is 2.30. The van der Waals surface area contributed by atoms with Gasteiger partial charge in [0.1, 0.15) is 5.75 Å². The Hall–Kier alpha value is -2.42. The summed E-state index contributed by atoms with van der Waals surface area (Å²) in [6, 6.07) is 12.4. The number of rotatable bonds is 4. The van der Waals surface area contributed by atoms with E-state index in [-0.39, 0.29) is 17.4 Å². The van der Waals surface area contributed by atoms with Crippen LogP contribution < -0.4 is 4.74 Å². The Bertz CT molecular complexity index is 600. The van der Waals surface area contributed by atoms with E-state index in [2.05, 4.69) is 13.0 Å². The maximum atomic E-state index is 9.58. The van der Waals surface area contributed by atoms with Crippen LogP contribution in [-0.4, -0.2) is 17.3 Å². The molecule has 3 heteroatoms. The Balaban J connectivity index is 2.15. The maximum absolute atomic E-state index is 9.58. The van der Waals surface area contributed by atoms with E-state index in [4.69, 9.17) is 4.74 Å². The molecule has 0 saturated heterocycles. The van der Waals surface area contributed by atoms with Gasteiger partial charge in [-0.25, -0.2) is 0 Å². The molecular formula is C17H18O3. The standard InChI is InChI=1S/C17H18O3/c1-12(3-4-13-5-8-15(18)9-6-13)14-7-10-16(19)17(11-14)20-2/h3-12,18-19H,1-2H3/b4-3+. The van der Waals surface area contributed by atoms with Gasteiger partial charge in [0.05, 0.1) is 7.11 Å². The zero-order chi connectivity index (χ0) is 14.5. The largest absolute Gasteiger partial charge is 0.508 e. The van der Waals surface area contributed by atoms with Gasteiger partial charge in [0, 0.05) is 0 Å². The van der Waals surface area contributed by atoms with Gasteiger partial charge in [-0.1, -0.05) is 37.3 Å². The normalized spacial score (nSPS) is 12.5. The van der Waals surface area contributed by atoms with E-state index in [9.17, 15) is 10.2 Å². The van der Waals surface area contributed by atoms with Gasteiger partial charge in [-0.05, 0) is 41.3 Å². The predicted octanol–water partition coefficient (Wildman–Crippen LogP) is 3.92. The maximum Gasteiger partial charge on any atom is 0.160 e. The lowest BCUT2D eigenvalue weighted by molar-refractivity contribution is 0.373. The van der Waals surface area contributed by atoms with E-state index >= 15 is 0 Å². The molecule has 3 nitrogen and oxygen atoms in total. The Labute approximate surface area is 118 Å². The minimum atomic E-state index is 0.144. The number of allylic oxidation sites excluding steroid dienone is 1. The summed E-state index contributed by atoms with van der Waals surface area (Å²) < 4.78 is 5.11. The van der Waals surface area contributed by atoms with Crippen molar-refractivity contribution in [2.75, 3.05) is 7.11 Å². The summed E-state index contributed by atoms with van der Waals surface area (Å²) in [4.78, 5) is 0. The second-order valence-electron chi connectivity index (χ2n) is 4.67. The van der Waals surface area contributed by atoms with Gasteiger partial charge in [0.2, 0.25) is 0 Å². The first-order valence-electron chi connectivity index (χ1n) is 6.44. The first-order valence-corrected chi connectivity index (χ1v) is 6.44. The molecule has 0 radical (unpaired) electrons. The number of ether oxygens (including phenoxy) is 1. The fourth-order valence-electron chi connectivity index (χ4n) is 1.93. The van der Waals surface area contributed by atoms with Crippen molar-refractivity contribution in [1.29, 1.82) is 0 Å². The molecule has 0 spiro atoms. The van der Waals surface area contributed by atoms with Crippen LogP contribution in [0.3, 0.4) is 0 Å². The van der Waals surface area contributed by atoms with Crippen LogP contribution in [0.1, 0.15) is 24.0 Å². The number of phenolic OH excluding ortho intramolecular Hbond substituents is 2. The van der Waals surface area contributed by atoms with Crippen molar-refractivity contribution in [2.45, 2.75) is 12.8 Å². The van der Waals surface area contributed by atoms with E-state index in [0.717, 1.165) is 11.1 Å². The number of methoxy groups -OCH3 is 1. The minimum absolute atomic E-state index is 0.144. The van der Waals surface area contributed by atoms with Crippen molar-refractivity contribution in [1.82, 2.24) is 0 Å². The molecule has 0 heterocycles. The van der Waals surface area contributed by atoms with E-state index in [0.29, 0.717) is 5.75 Å². The van der Waals surface area contributed by atoms with Gasteiger partial charge >= 0.3 is 0 Å². The second kappa shape index (κ2) is 6.15. The third kappa shape index (κ3) is 3.32. The van der Waals surface area contributed by atoms with Crippen LogP contribution in [0.25, 0.3) is 6.08 Å². The molecule has 20 heavy (non-hydrogen) atoms. The molecule has 2 N–H and O–H groups in total. The molecule has 0 aromatic heterocycles. The van der Waals surface area contributed by atoms with Crippen molar-refractivity contribution < 1.29 is 14.9 Å². The molecule has 0 aliphatic heterocycles. The van der Waals surface area contributed by atoms with Gasteiger partial charge in [-0.3, -0.25) is 0 Å². The Morgan fingerprint density at radius 3 is 2.40 bits per heavy atom. The average Bonchev–Trinajstić information content (AvgIpc) is 2.47. The van der Waals surface area contributed by atoms with Crippen molar-refractivity contribution in [2.24, 2.45) is 0 Å². The van der Waals surface area contributed by atoms with Crippen LogP contribution in [0.4, 0.5) is 0 Å². The van der Waals surface area contributed by atoms with E-state index in [1.165, 1.54) is 7.11 Å². The summed E-state index contributed by atoms with van der Waals surface area (Å²) in [7, 11) is 1.54. The molecule has 0 bridgehead atoms. The second-order valence-corrected chi connectivity index (χ2v) is 4.67. The predicted molar refractivity (Wildman–Crippen MR) is 80.2 cm³/mol. The average molecular weight is 270 g/mol. The van der Waals surface area contributed by atoms with Gasteiger partial charge < -0.3 is 14.9 Å². The summed E-state index contributed by atoms with van der Waals surface area (Å²) in [5.74, 6) is 1.08. The number of hydrogen-bond acceptors (Lipinski definition) is 3. The third-order valence-electron chi connectivity index (χ3n) is 3.20. The van der Waals surface area contributed by atoms with Crippen molar-refractivity contribution in [3.8, 4) is 17.2 Å². The quantitative estimate of drug-likeness (QED) is 0.885. The molecule has 0 amide bonds. The SMILES string of the molecule is COc1cc(C(C)/C=C/c2ccc(O)cc2)ccc1O. The lowest BCUT2D eigenvalue weighted by Gasteiger charge is -2.10. The number of benzene rings is 2. The third-order valence-corrected chi connectivity index (χ3v) is 3.20. The topological polar surface area (TPSA) is 49.7 Å². The van der Waals surface area contributed by atoms with Gasteiger partial charge in [0.25, 0.3) is 0 Å². The van der Waals surface area contributed by atoms with E-state index in [1.807, 2.05) is 30.3 Å². The zero-order valence-corrected chi connectivity index (χ0v) is 11.6. The van der Waals surface area contributed by atoms with Gasteiger partial charge in [-0.2, -0.15) is 0 Å². The molecule has 104 valence electrons. The molecule has 1 unspecified atom stereocenters. The molecule has 0 fully saturated rings. The highest BCUT2D eigenvalue weighted by atomic mass is 16.5. The van der Waals surface area contributed by atoms with Crippen LogP contribution in [0, 0.1) is 0 Å². The van der Waals surface area contributed by atoms with Crippen LogP contribution in [0.15, 0.2) is 48.5 Å². The van der Waals surface area contributed by atoms with Gasteiger partial charge in [-0.15, -0.1) is 0 Å². The molecular weight excluding hydrogens is 252 g/mol. The van der Waals surface area contributed by atoms with Crippen LogP contribution in [0.2, 0.25) is 0 Å². The summed E-state index contributed by atoms with van der Waals surface area (Å²) >= 11 is 0. The molecule has 2 rings (SSSR count). The molecule has 1 atom stereocenters. The van der Waals surface area contributed by atoms with Crippen molar-refractivity contribution in [3.05, 3.63) is 59.7 Å². The Morgan fingerprint density at radius 1 is 1.05 bits per heavy atom. The summed E-state index contributed by atoms with van der Waals surface area (Å²) in [5.41, 5.74) is 2.09. The van der Waals surface area contributed by atoms with E-state index in [1.54, 1.807) is 18.2 Å². The lowest BCUT2D eigenvalue weighted by atomic mass is 9.99. The van der Waals surface area contributed by atoms with Crippen LogP contribution >= 0.6 is 0 Å². The first kappa shape index (κ1) is 14.0. The van der Waals surface area contributed by atoms with Crippen LogP contribution in [-0.2, 0) is 0 Å². The highest BCUT2D eigenvalue weighted by molar-refractivity contribution is 5.52. The number of aromatic hydroxyl groups is 2. The smallest absolute Gasteiger partial charge is 0.160 e. The van der Waals surface area contributed by atoms with Gasteiger partial charge in [0.15, 0.2) is 11.5 Å². The molecule has 0 aliphatic carbocycles. The monoisotopic (exact) mass is 270 g/mol. The lowest BCUT2D eigenvalue weighted by Crippen LogP contribution is -1.91. The minimum Gasteiger partial charge on any atom is -0.508 e. The Morgan fingerprint density at radius 2 is 1.75 bits per heavy atom. The summed E-state index contributed by atoms with van der Waals surface area (Å²) in [6.45, 7) is 2.07. The highest BCUT2D eigenvalue weighted by Gasteiger charge is 2.06. The molecule has 2 aromatic carbocycles. The van der Waals surface area contributed by atoms with E-state index < -0.39 is 0 Å². The molecule has 0 saturated carbocycles. The summed E-state index contributed by atoms with van der Waals surface area (Å²) in [5, 5.41) is 18.8. The number of phenols is 2. The van der Waals surface area contributed by atoms with Crippen molar-refractivity contribution in [3.63, 3.8) is 0 Å². The fraction of sp³-hybridized carbons (Fsp3) is 0.176. The first-order chi connectivity index (χ1) is 9.60. The molecule has 0 aliphatic rings. The summed E-state index contributed by atoms with van der Waals surface area (Å²) in [6.07, 6.45) is 4.07. The Kier molecular flexibility index (Phi) is 4.31. The molecule has 2 aromatic rings. The fourth-order valence-corrected chi connectivity index (χ4v) is 1.93. The van der Waals surface area contributed by atoms with Crippen LogP contribution in [0.5, 0.6) is 17.2 Å². The zero-order valence-electron chi connectivity index (χ0n) is 11.6. The van der Waals surface area contributed by atoms with Crippen molar-refractivity contribution >= 4 is 6.08 Å².